The van der Waals surface area contributed by atoms with Crippen LogP contribution >= 0.6 is 0 Å². The highest BCUT2D eigenvalue weighted by atomic mass is 16.2. The van der Waals surface area contributed by atoms with Gasteiger partial charge >= 0.3 is 11.8 Å². The number of hydrogen-bond donors (Lipinski definition) is 4. The third-order valence-electron chi connectivity index (χ3n) is 5.11. The Balaban J connectivity index is 1.67. The van der Waals surface area contributed by atoms with Crippen LogP contribution in [0.2, 0.25) is 0 Å². The molecule has 27 heavy (non-hydrogen) atoms. The van der Waals surface area contributed by atoms with Crippen LogP contribution in [-0.4, -0.2) is 39.6 Å². The maximum atomic E-state index is 12.3. The molecule has 2 heterocycles. The van der Waals surface area contributed by atoms with Gasteiger partial charge in [-0.3, -0.25) is 19.7 Å². The zero-order valence-corrected chi connectivity index (χ0v) is 15.9. The topological polar surface area (TPSA) is 117 Å². The fourth-order valence-corrected chi connectivity index (χ4v) is 3.63. The molecular formula is C18H28N6O3. The average Bonchev–Trinajstić information content (AvgIpc) is 3.02. The van der Waals surface area contributed by atoms with E-state index in [1.165, 1.54) is 11.1 Å². The molecule has 4 N–H and O–H groups in total. The zero-order valence-electron chi connectivity index (χ0n) is 15.9. The summed E-state index contributed by atoms with van der Waals surface area (Å²) in [6, 6.07) is 1.77. The number of nitrogens with one attached hydrogen (secondary N) is 4. The number of nitrogens with zero attached hydrogens (tertiary/aromatic N) is 2. The van der Waals surface area contributed by atoms with Gasteiger partial charge in [-0.15, -0.1) is 0 Å². The van der Waals surface area contributed by atoms with E-state index in [2.05, 4.69) is 26.4 Å². The van der Waals surface area contributed by atoms with Gasteiger partial charge in [-0.25, -0.2) is 4.68 Å². The number of rotatable bonds is 4. The van der Waals surface area contributed by atoms with E-state index in [9.17, 15) is 14.4 Å². The van der Waals surface area contributed by atoms with E-state index < -0.39 is 18.1 Å². The summed E-state index contributed by atoms with van der Waals surface area (Å²) in [5.74, 6) is -1.08. The van der Waals surface area contributed by atoms with Gasteiger partial charge in [0.05, 0.1) is 5.69 Å². The molecule has 9 nitrogen and oxygen atoms in total. The zero-order chi connectivity index (χ0) is 19.4. The van der Waals surface area contributed by atoms with Crippen LogP contribution in [0.15, 0.2) is 6.07 Å². The van der Waals surface area contributed by atoms with E-state index in [0.717, 1.165) is 32.1 Å². The van der Waals surface area contributed by atoms with Crippen LogP contribution in [0.4, 0.5) is 5.82 Å². The Morgan fingerprint density at radius 1 is 1.26 bits per heavy atom. The molecule has 2 unspecified atom stereocenters. The molecule has 2 aliphatic rings. The maximum Gasteiger partial charge on any atom is 0.314 e. The van der Waals surface area contributed by atoms with Gasteiger partial charge in [-0.2, -0.15) is 5.10 Å². The van der Waals surface area contributed by atoms with Crippen LogP contribution in [0.5, 0.6) is 0 Å². The first-order chi connectivity index (χ1) is 13.0. The van der Waals surface area contributed by atoms with E-state index in [4.69, 9.17) is 0 Å². The van der Waals surface area contributed by atoms with Crippen molar-refractivity contribution in [1.82, 2.24) is 25.7 Å². The molecule has 0 bridgehead atoms. The largest absolute Gasteiger partial charge is 0.345 e. The highest BCUT2D eigenvalue weighted by Gasteiger charge is 2.29. The quantitative estimate of drug-likeness (QED) is 0.583. The molecule has 1 saturated carbocycles. The van der Waals surface area contributed by atoms with Gasteiger partial charge in [0.15, 0.2) is 6.29 Å². The number of aryl methyl sites for hydroxylation is 1. The summed E-state index contributed by atoms with van der Waals surface area (Å²) < 4.78 is 1.50. The monoisotopic (exact) mass is 376 g/mol. The molecule has 3 rings (SSSR count). The molecule has 1 saturated heterocycles. The van der Waals surface area contributed by atoms with Crippen molar-refractivity contribution in [3.8, 4) is 0 Å². The van der Waals surface area contributed by atoms with Crippen molar-refractivity contribution in [3.05, 3.63) is 11.8 Å². The van der Waals surface area contributed by atoms with Crippen LogP contribution < -0.4 is 21.3 Å². The minimum Gasteiger partial charge on any atom is -0.345 e. The summed E-state index contributed by atoms with van der Waals surface area (Å²) in [7, 11) is 0. The number of carbonyl (C=O) groups is 3. The molecule has 0 aromatic carbocycles. The van der Waals surface area contributed by atoms with Crippen molar-refractivity contribution >= 4 is 23.5 Å². The molecule has 0 spiro atoms. The van der Waals surface area contributed by atoms with E-state index in [1.807, 2.05) is 6.92 Å². The maximum absolute atomic E-state index is 12.3. The number of amides is 3. The summed E-state index contributed by atoms with van der Waals surface area (Å²) in [5.41, 5.74) is 0.674. The molecule has 2 fully saturated rings. The normalized spacial score (nSPS) is 23.6. The molecule has 3 amide bonds. The van der Waals surface area contributed by atoms with E-state index in [-0.39, 0.29) is 18.0 Å². The smallest absolute Gasteiger partial charge is 0.314 e. The van der Waals surface area contributed by atoms with Crippen molar-refractivity contribution in [2.75, 3.05) is 5.32 Å². The number of aromatic nitrogens is 2. The Labute approximate surface area is 158 Å². The molecule has 1 aliphatic heterocycles. The average molecular weight is 376 g/mol. The van der Waals surface area contributed by atoms with Crippen molar-refractivity contribution in [2.45, 2.75) is 77.2 Å². The molecule has 1 aromatic heterocycles. The second-order valence-corrected chi connectivity index (χ2v) is 7.32. The van der Waals surface area contributed by atoms with Gasteiger partial charge in [-0.05, 0) is 26.2 Å². The van der Waals surface area contributed by atoms with Gasteiger partial charge in [-0.1, -0.05) is 26.2 Å². The number of carbonyl (C=O) groups excluding carboxylic acids is 3. The Kier molecular flexibility index (Phi) is 6.10. The molecular weight excluding hydrogens is 348 g/mol. The van der Waals surface area contributed by atoms with Gasteiger partial charge in [0.25, 0.3) is 0 Å². The fraction of sp³-hybridized carbons (Fsp3) is 0.667. The minimum absolute atomic E-state index is 0.0337. The van der Waals surface area contributed by atoms with Crippen LogP contribution in [0.3, 0.4) is 0 Å². The molecule has 9 heteroatoms. The summed E-state index contributed by atoms with van der Waals surface area (Å²) >= 11 is 0. The summed E-state index contributed by atoms with van der Waals surface area (Å²) in [6.07, 6.45) is 5.78. The lowest BCUT2D eigenvalue weighted by Gasteiger charge is -2.31. The lowest BCUT2D eigenvalue weighted by Crippen LogP contribution is -2.53. The lowest BCUT2D eigenvalue weighted by atomic mass is 9.95. The first-order valence-electron chi connectivity index (χ1n) is 9.69. The van der Waals surface area contributed by atoms with E-state index in [1.54, 1.807) is 13.0 Å². The minimum atomic E-state index is -0.726. The Bertz CT molecular complexity index is 710. The first-order valence-corrected chi connectivity index (χ1v) is 9.69. The summed E-state index contributed by atoms with van der Waals surface area (Å²) in [5, 5.41) is 15.9. The van der Waals surface area contributed by atoms with E-state index in [0.29, 0.717) is 17.9 Å². The number of hydrogen-bond acceptors (Lipinski definition) is 5. The fourth-order valence-electron chi connectivity index (χ4n) is 3.63. The van der Waals surface area contributed by atoms with Crippen molar-refractivity contribution in [3.63, 3.8) is 0 Å². The molecule has 0 radical (unpaired) electrons. The van der Waals surface area contributed by atoms with Crippen LogP contribution in [-0.2, 0) is 14.4 Å². The van der Waals surface area contributed by atoms with Crippen LogP contribution in [0.25, 0.3) is 0 Å². The predicted molar refractivity (Wildman–Crippen MR) is 99.6 cm³/mol. The first kappa shape index (κ1) is 19.3. The van der Waals surface area contributed by atoms with Gasteiger partial charge in [0.2, 0.25) is 5.91 Å². The molecule has 1 aliphatic carbocycles. The third kappa shape index (κ3) is 4.85. The third-order valence-corrected chi connectivity index (χ3v) is 5.11. The molecule has 2 atom stereocenters. The van der Waals surface area contributed by atoms with Gasteiger partial charge in [0.1, 0.15) is 5.82 Å². The van der Waals surface area contributed by atoms with Gasteiger partial charge in [0, 0.05) is 24.6 Å². The van der Waals surface area contributed by atoms with Crippen LogP contribution in [0, 0.1) is 6.92 Å². The predicted octanol–water partition coefficient (Wildman–Crippen LogP) is 0.923. The second-order valence-electron chi connectivity index (χ2n) is 7.32. The number of anilines is 1. The molecule has 1 aromatic rings. The van der Waals surface area contributed by atoms with Gasteiger partial charge < -0.3 is 16.0 Å². The SMILES string of the molecule is CCC1CC(=O)NC(n2nc(C)cc2NC(=O)C(=O)NC2CCCCC2)N1. The summed E-state index contributed by atoms with van der Waals surface area (Å²) in [6.45, 7) is 3.79. The summed E-state index contributed by atoms with van der Waals surface area (Å²) in [4.78, 5) is 36.5. The van der Waals surface area contributed by atoms with Crippen molar-refractivity contribution < 1.29 is 14.4 Å². The van der Waals surface area contributed by atoms with Crippen molar-refractivity contribution in [1.29, 1.82) is 0 Å². The standard InChI is InChI=1S/C18H28N6O3/c1-3-12-10-15(25)22-18(20-12)24-14(9-11(2)23-24)21-17(27)16(26)19-13-7-5-4-6-8-13/h9,12-13,18,20H,3-8,10H2,1-2H3,(H,19,26)(H,21,27)(H,22,25). The Morgan fingerprint density at radius 3 is 2.70 bits per heavy atom. The lowest BCUT2D eigenvalue weighted by molar-refractivity contribution is -0.136. The highest BCUT2D eigenvalue weighted by molar-refractivity contribution is 6.39. The van der Waals surface area contributed by atoms with Crippen molar-refractivity contribution in [2.24, 2.45) is 0 Å². The molecule has 148 valence electrons. The highest BCUT2D eigenvalue weighted by Crippen LogP contribution is 2.19. The van der Waals surface area contributed by atoms with E-state index >= 15 is 0 Å². The Morgan fingerprint density at radius 2 is 2.00 bits per heavy atom. The second kappa shape index (κ2) is 8.51. The Hall–Kier alpha value is -2.42. The van der Waals surface area contributed by atoms with Crippen LogP contribution in [0.1, 0.15) is 63.9 Å².